The molecule has 0 aliphatic heterocycles. The van der Waals surface area contributed by atoms with Gasteiger partial charge in [0.15, 0.2) is 0 Å². The van der Waals surface area contributed by atoms with Crippen LogP contribution in [0.3, 0.4) is 0 Å². The molecule has 2 aromatic carbocycles. The molecule has 0 spiro atoms. The highest BCUT2D eigenvalue weighted by Crippen LogP contribution is 2.69. The molecular formula is C35H42O7. The standard InChI is InChI=1S/C35H42O7/c1-21(41-31(38)22-10-6-4-7-11-22)26-17-19-35(40)27-15-14-24-20-25(36)16-18-33(24,2)28(27)29(37)30(34(26,35)3)42-32(39)23-12-8-5-9-13-23/h4-14,21,25-30,36-37,40H,15-20H2,1-3H3/t21-,25-,26+,27+,28-,29+,30-,33-,34-,35-/m0/s1. The Morgan fingerprint density at radius 2 is 1.52 bits per heavy atom. The molecule has 0 amide bonds. The maximum Gasteiger partial charge on any atom is 0.338 e. The van der Waals surface area contributed by atoms with Gasteiger partial charge in [0.25, 0.3) is 0 Å². The third kappa shape index (κ3) is 4.35. The normalized spacial score (nSPS) is 39.6. The van der Waals surface area contributed by atoms with Crippen molar-refractivity contribution in [1.29, 1.82) is 0 Å². The predicted molar refractivity (Wildman–Crippen MR) is 156 cm³/mol. The van der Waals surface area contributed by atoms with E-state index in [9.17, 15) is 24.9 Å². The van der Waals surface area contributed by atoms with Crippen LogP contribution in [0.15, 0.2) is 72.3 Å². The van der Waals surface area contributed by atoms with Gasteiger partial charge >= 0.3 is 11.9 Å². The average molecular weight is 575 g/mol. The Hall–Kier alpha value is -3.00. The highest BCUT2D eigenvalue weighted by molar-refractivity contribution is 5.90. The summed E-state index contributed by atoms with van der Waals surface area (Å²) in [6.45, 7) is 5.87. The fourth-order valence-corrected chi connectivity index (χ4v) is 9.30. The van der Waals surface area contributed by atoms with Crippen molar-refractivity contribution >= 4 is 11.9 Å². The van der Waals surface area contributed by atoms with Gasteiger partial charge in [0.05, 0.1) is 28.9 Å². The molecule has 10 atom stereocenters. The Balaban J connectivity index is 1.40. The molecule has 42 heavy (non-hydrogen) atoms. The Morgan fingerprint density at radius 3 is 2.17 bits per heavy atom. The first-order valence-corrected chi connectivity index (χ1v) is 15.3. The van der Waals surface area contributed by atoms with Crippen molar-refractivity contribution in [3.8, 4) is 0 Å². The van der Waals surface area contributed by atoms with Gasteiger partial charge in [-0.05, 0) is 81.0 Å². The summed E-state index contributed by atoms with van der Waals surface area (Å²) in [5.41, 5.74) is -0.896. The fourth-order valence-electron chi connectivity index (χ4n) is 9.30. The Labute approximate surface area is 247 Å². The number of allylic oxidation sites excluding steroid dienone is 1. The number of carbonyl (C=O) groups is 2. The molecular weight excluding hydrogens is 532 g/mol. The number of carbonyl (C=O) groups excluding carboxylic acids is 2. The summed E-state index contributed by atoms with van der Waals surface area (Å²) in [6, 6.07) is 17.5. The number of rotatable bonds is 5. The van der Waals surface area contributed by atoms with Crippen molar-refractivity contribution in [2.75, 3.05) is 0 Å². The van der Waals surface area contributed by atoms with Gasteiger partial charge in [-0.2, -0.15) is 0 Å². The number of esters is 2. The lowest BCUT2D eigenvalue weighted by Crippen LogP contribution is -2.72. The molecule has 0 heterocycles. The molecule has 0 aromatic heterocycles. The SMILES string of the molecule is C[C@H](OC(=O)c1ccccc1)[C@H]1CC[C@]2(O)[C@@H]3CC=C4C[C@@H](O)CC[C@]4(C)[C@@H]3[C@@H](O)[C@H](OC(=O)c3ccccc3)[C@]12C. The molecule has 0 radical (unpaired) electrons. The average Bonchev–Trinajstić information content (AvgIpc) is 3.27. The van der Waals surface area contributed by atoms with Gasteiger partial charge in [0, 0.05) is 17.3 Å². The summed E-state index contributed by atoms with van der Waals surface area (Å²) in [4.78, 5) is 26.6. The number of aliphatic hydroxyl groups excluding tert-OH is 2. The van der Waals surface area contributed by atoms with E-state index >= 15 is 0 Å². The van der Waals surface area contributed by atoms with Crippen LogP contribution in [0.2, 0.25) is 0 Å². The quantitative estimate of drug-likeness (QED) is 0.337. The van der Waals surface area contributed by atoms with Crippen molar-refractivity contribution in [2.45, 2.75) is 89.3 Å². The van der Waals surface area contributed by atoms with Crippen LogP contribution in [-0.4, -0.2) is 57.3 Å². The van der Waals surface area contributed by atoms with Crippen LogP contribution in [0.1, 0.15) is 80.0 Å². The van der Waals surface area contributed by atoms with Crippen LogP contribution >= 0.6 is 0 Å². The number of ether oxygens (including phenoxy) is 2. The molecule has 7 nitrogen and oxygen atoms in total. The molecule has 0 unspecified atom stereocenters. The summed E-state index contributed by atoms with van der Waals surface area (Å²) in [5.74, 6) is -2.02. The zero-order chi connectivity index (χ0) is 29.9. The summed E-state index contributed by atoms with van der Waals surface area (Å²) in [7, 11) is 0. The number of fused-ring (bicyclic) bond motifs is 5. The predicted octanol–water partition coefficient (Wildman–Crippen LogP) is 5.09. The lowest BCUT2D eigenvalue weighted by Gasteiger charge is -2.64. The Morgan fingerprint density at radius 1 is 0.905 bits per heavy atom. The molecule has 3 fully saturated rings. The summed E-state index contributed by atoms with van der Waals surface area (Å²) >= 11 is 0. The first kappa shape index (κ1) is 29.1. The van der Waals surface area contributed by atoms with Crippen molar-refractivity contribution in [3.05, 3.63) is 83.4 Å². The van der Waals surface area contributed by atoms with Gasteiger partial charge in [0.2, 0.25) is 0 Å². The first-order valence-electron chi connectivity index (χ1n) is 15.3. The molecule has 4 aliphatic carbocycles. The van der Waals surface area contributed by atoms with E-state index in [4.69, 9.17) is 9.47 Å². The molecule has 4 aliphatic rings. The molecule has 224 valence electrons. The van der Waals surface area contributed by atoms with Crippen molar-refractivity contribution in [2.24, 2.45) is 28.6 Å². The third-order valence-corrected chi connectivity index (χ3v) is 11.5. The number of benzene rings is 2. The second kappa shape index (κ2) is 10.6. The molecule has 0 saturated heterocycles. The van der Waals surface area contributed by atoms with E-state index in [1.54, 1.807) is 48.5 Å². The maximum absolute atomic E-state index is 13.6. The van der Waals surface area contributed by atoms with Crippen LogP contribution in [-0.2, 0) is 9.47 Å². The minimum absolute atomic E-state index is 0.282. The van der Waals surface area contributed by atoms with Crippen LogP contribution in [0.5, 0.6) is 0 Å². The van der Waals surface area contributed by atoms with E-state index in [1.165, 1.54) is 0 Å². The van der Waals surface area contributed by atoms with Crippen LogP contribution in [0, 0.1) is 28.6 Å². The fraction of sp³-hybridized carbons (Fsp3) is 0.543. The summed E-state index contributed by atoms with van der Waals surface area (Å²) < 4.78 is 12.3. The minimum atomic E-state index is -1.28. The Kier molecular flexibility index (Phi) is 7.35. The smallest absolute Gasteiger partial charge is 0.338 e. The Bertz CT molecular complexity index is 1360. The highest BCUT2D eigenvalue weighted by Gasteiger charge is 2.74. The zero-order valence-electron chi connectivity index (χ0n) is 24.6. The third-order valence-electron chi connectivity index (χ3n) is 11.5. The van der Waals surface area contributed by atoms with E-state index in [2.05, 4.69) is 13.0 Å². The van der Waals surface area contributed by atoms with Crippen molar-refractivity contribution in [3.63, 3.8) is 0 Å². The van der Waals surface area contributed by atoms with E-state index in [0.29, 0.717) is 49.7 Å². The second-order valence-electron chi connectivity index (χ2n) is 13.4. The largest absolute Gasteiger partial charge is 0.459 e. The summed E-state index contributed by atoms with van der Waals surface area (Å²) in [6.07, 6.45) is 2.44. The van der Waals surface area contributed by atoms with E-state index < -0.39 is 52.8 Å². The molecule has 6 rings (SSSR count). The van der Waals surface area contributed by atoms with E-state index in [1.807, 2.05) is 26.0 Å². The number of aliphatic hydroxyl groups is 3. The minimum Gasteiger partial charge on any atom is -0.459 e. The van der Waals surface area contributed by atoms with Gasteiger partial charge in [-0.3, -0.25) is 0 Å². The lowest BCUT2D eigenvalue weighted by molar-refractivity contribution is -0.270. The monoisotopic (exact) mass is 574 g/mol. The van der Waals surface area contributed by atoms with Gasteiger partial charge in [-0.15, -0.1) is 0 Å². The number of hydrogen-bond donors (Lipinski definition) is 3. The maximum atomic E-state index is 13.6. The molecule has 0 bridgehead atoms. The van der Waals surface area contributed by atoms with Crippen LogP contribution < -0.4 is 0 Å². The van der Waals surface area contributed by atoms with Gasteiger partial charge in [0.1, 0.15) is 12.2 Å². The topological polar surface area (TPSA) is 113 Å². The second-order valence-corrected chi connectivity index (χ2v) is 13.4. The zero-order valence-corrected chi connectivity index (χ0v) is 24.6. The molecule has 7 heteroatoms. The highest BCUT2D eigenvalue weighted by atomic mass is 16.6. The van der Waals surface area contributed by atoms with Gasteiger partial charge in [-0.1, -0.05) is 61.9 Å². The van der Waals surface area contributed by atoms with Crippen molar-refractivity contribution in [1.82, 2.24) is 0 Å². The van der Waals surface area contributed by atoms with E-state index in [-0.39, 0.29) is 17.8 Å². The van der Waals surface area contributed by atoms with Crippen LogP contribution in [0.4, 0.5) is 0 Å². The number of hydrogen-bond acceptors (Lipinski definition) is 7. The molecule has 3 N–H and O–H groups in total. The molecule has 2 aromatic rings. The van der Waals surface area contributed by atoms with Gasteiger partial charge < -0.3 is 24.8 Å². The van der Waals surface area contributed by atoms with Crippen LogP contribution in [0.25, 0.3) is 0 Å². The van der Waals surface area contributed by atoms with Gasteiger partial charge in [-0.25, -0.2) is 9.59 Å². The van der Waals surface area contributed by atoms with Crippen molar-refractivity contribution < 1.29 is 34.4 Å². The van der Waals surface area contributed by atoms with E-state index in [0.717, 1.165) is 5.57 Å². The first-order chi connectivity index (χ1) is 20.0. The lowest BCUT2D eigenvalue weighted by atomic mass is 9.44. The molecule has 3 saturated carbocycles. The summed E-state index contributed by atoms with van der Waals surface area (Å²) in [5, 5.41) is 35.6.